The van der Waals surface area contributed by atoms with Crippen LogP contribution in [0.15, 0.2) is 11.4 Å². The maximum absolute atomic E-state index is 12.3. The van der Waals surface area contributed by atoms with Crippen LogP contribution in [0.25, 0.3) is 0 Å². The van der Waals surface area contributed by atoms with Crippen molar-refractivity contribution < 1.29 is 4.79 Å². The standard InChI is InChI=1S/C13H20N2OS/c1-2-3-10(8-14)13(16)15-6-4-12-11(9-15)5-7-17-12/h5,7,10H,2-4,6,8-9,14H2,1H3. The topological polar surface area (TPSA) is 46.3 Å². The first kappa shape index (κ1) is 12.6. The van der Waals surface area contributed by atoms with Gasteiger partial charge in [-0.15, -0.1) is 11.3 Å². The molecule has 3 nitrogen and oxygen atoms in total. The van der Waals surface area contributed by atoms with Gasteiger partial charge >= 0.3 is 0 Å². The molecule has 1 aliphatic heterocycles. The molecular weight excluding hydrogens is 232 g/mol. The molecule has 94 valence electrons. The second-order valence-corrected chi connectivity index (χ2v) is 5.60. The molecule has 2 N–H and O–H groups in total. The molecule has 2 heterocycles. The smallest absolute Gasteiger partial charge is 0.227 e. The van der Waals surface area contributed by atoms with E-state index in [9.17, 15) is 4.79 Å². The number of hydrogen-bond acceptors (Lipinski definition) is 3. The SMILES string of the molecule is CCCC(CN)C(=O)N1CCc2sccc2C1. The summed E-state index contributed by atoms with van der Waals surface area (Å²) in [5.74, 6) is 0.256. The van der Waals surface area contributed by atoms with Gasteiger partial charge in [-0.3, -0.25) is 4.79 Å². The van der Waals surface area contributed by atoms with E-state index in [1.54, 1.807) is 11.3 Å². The molecule has 2 rings (SSSR count). The number of amides is 1. The highest BCUT2D eigenvalue weighted by Crippen LogP contribution is 2.25. The fourth-order valence-corrected chi connectivity index (χ4v) is 3.28. The van der Waals surface area contributed by atoms with E-state index in [0.717, 1.165) is 32.4 Å². The van der Waals surface area contributed by atoms with Gasteiger partial charge in [-0.05, 0) is 29.9 Å². The van der Waals surface area contributed by atoms with Crippen molar-refractivity contribution in [1.82, 2.24) is 4.90 Å². The monoisotopic (exact) mass is 252 g/mol. The predicted octanol–water partition coefficient (Wildman–Crippen LogP) is 2.01. The summed E-state index contributed by atoms with van der Waals surface area (Å²) in [6, 6.07) is 2.14. The molecule has 0 aliphatic carbocycles. The lowest BCUT2D eigenvalue weighted by molar-refractivity contribution is -0.136. The summed E-state index contributed by atoms with van der Waals surface area (Å²) < 4.78 is 0. The van der Waals surface area contributed by atoms with E-state index >= 15 is 0 Å². The maximum atomic E-state index is 12.3. The Bertz CT molecular complexity index is 389. The first-order valence-electron chi connectivity index (χ1n) is 6.30. The molecular formula is C13H20N2OS. The van der Waals surface area contributed by atoms with Crippen molar-refractivity contribution in [2.24, 2.45) is 11.7 Å². The molecule has 4 heteroatoms. The lowest BCUT2D eigenvalue weighted by atomic mass is 10.0. The Kier molecular flexibility index (Phi) is 4.18. The van der Waals surface area contributed by atoms with Crippen LogP contribution in [-0.2, 0) is 17.8 Å². The van der Waals surface area contributed by atoms with E-state index in [1.807, 2.05) is 4.90 Å². The Balaban J connectivity index is 2.02. The highest BCUT2D eigenvalue weighted by molar-refractivity contribution is 7.10. The third kappa shape index (κ3) is 2.69. The van der Waals surface area contributed by atoms with Crippen molar-refractivity contribution in [3.63, 3.8) is 0 Å². The lowest BCUT2D eigenvalue weighted by Crippen LogP contribution is -2.41. The van der Waals surface area contributed by atoms with Crippen LogP contribution in [0, 0.1) is 5.92 Å². The van der Waals surface area contributed by atoms with Crippen LogP contribution in [0.2, 0.25) is 0 Å². The van der Waals surface area contributed by atoms with Crippen LogP contribution in [-0.4, -0.2) is 23.9 Å². The molecule has 1 aliphatic rings. The highest BCUT2D eigenvalue weighted by Gasteiger charge is 2.26. The van der Waals surface area contributed by atoms with E-state index < -0.39 is 0 Å². The van der Waals surface area contributed by atoms with Crippen molar-refractivity contribution in [3.8, 4) is 0 Å². The Morgan fingerprint density at radius 3 is 3.18 bits per heavy atom. The van der Waals surface area contributed by atoms with Crippen LogP contribution in [0.3, 0.4) is 0 Å². The summed E-state index contributed by atoms with van der Waals surface area (Å²) >= 11 is 1.80. The minimum absolute atomic E-state index is 0.0141. The van der Waals surface area contributed by atoms with Crippen molar-refractivity contribution in [1.29, 1.82) is 0 Å². The van der Waals surface area contributed by atoms with Crippen LogP contribution >= 0.6 is 11.3 Å². The van der Waals surface area contributed by atoms with Gasteiger partial charge in [0.15, 0.2) is 0 Å². The van der Waals surface area contributed by atoms with Gasteiger partial charge in [0.05, 0.1) is 5.92 Å². The van der Waals surface area contributed by atoms with Crippen molar-refractivity contribution >= 4 is 17.2 Å². The zero-order valence-corrected chi connectivity index (χ0v) is 11.1. The predicted molar refractivity (Wildman–Crippen MR) is 70.9 cm³/mol. The summed E-state index contributed by atoms with van der Waals surface area (Å²) in [5.41, 5.74) is 7.02. The minimum atomic E-state index is 0.0141. The third-order valence-corrected chi connectivity index (χ3v) is 4.41. The third-order valence-electron chi connectivity index (χ3n) is 3.39. The number of thiophene rings is 1. The Labute approximate surface area is 107 Å². The molecule has 0 aromatic carbocycles. The van der Waals surface area contributed by atoms with E-state index in [1.165, 1.54) is 10.4 Å². The first-order valence-corrected chi connectivity index (χ1v) is 7.18. The molecule has 1 aromatic rings. The zero-order valence-electron chi connectivity index (χ0n) is 10.3. The normalized spacial score (nSPS) is 16.7. The van der Waals surface area contributed by atoms with Crippen LogP contribution in [0.4, 0.5) is 0 Å². The Morgan fingerprint density at radius 2 is 2.47 bits per heavy atom. The van der Waals surface area contributed by atoms with Gasteiger partial charge in [0.25, 0.3) is 0 Å². The molecule has 0 radical (unpaired) electrons. The maximum Gasteiger partial charge on any atom is 0.227 e. The number of rotatable bonds is 4. The zero-order chi connectivity index (χ0) is 12.3. The Hall–Kier alpha value is -0.870. The van der Waals surface area contributed by atoms with Crippen LogP contribution in [0.1, 0.15) is 30.2 Å². The average molecular weight is 252 g/mol. The minimum Gasteiger partial charge on any atom is -0.338 e. The van der Waals surface area contributed by atoms with E-state index in [-0.39, 0.29) is 11.8 Å². The molecule has 0 saturated carbocycles. The number of carbonyl (C=O) groups is 1. The average Bonchev–Trinajstić information content (AvgIpc) is 2.82. The van der Waals surface area contributed by atoms with Crippen LogP contribution in [0.5, 0.6) is 0 Å². The quantitative estimate of drug-likeness (QED) is 0.891. The lowest BCUT2D eigenvalue weighted by Gasteiger charge is -2.30. The van der Waals surface area contributed by atoms with E-state index in [0.29, 0.717) is 6.54 Å². The summed E-state index contributed by atoms with van der Waals surface area (Å²) in [6.45, 7) is 4.20. The highest BCUT2D eigenvalue weighted by atomic mass is 32.1. The van der Waals surface area contributed by atoms with Gasteiger partial charge in [0.2, 0.25) is 5.91 Å². The van der Waals surface area contributed by atoms with Gasteiger partial charge in [-0.25, -0.2) is 0 Å². The molecule has 1 aromatic heterocycles. The van der Waals surface area contributed by atoms with Gasteiger partial charge in [-0.1, -0.05) is 13.3 Å². The first-order chi connectivity index (χ1) is 8.26. The van der Waals surface area contributed by atoms with Crippen molar-refractivity contribution in [2.75, 3.05) is 13.1 Å². The molecule has 1 atom stereocenters. The van der Waals surface area contributed by atoms with Gasteiger partial charge < -0.3 is 10.6 Å². The van der Waals surface area contributed by atoms with Crippen molar-refractivity contribution in [2.45, 2.75) is 32.7 Å². The second kappa shape index (κ2) is 5.65. The van der Waals surface area contributed by atoms with E-state index in [2.05, 4.69) is 18.4 Å². The summed E-state index contributed by atoms with van der Waals surface area (Å²) in [6.07, 6.45) is 2.93. The fraction of sp³-hybridized carbons (Fsp3) is 0.615. The molecule has 0 spiro atoms. The molecule has 0 saturated heterocycles. The number of hydrogen-bond donors (Lipinski definition) is 1. The molecule has 0 bridgehead atoms. The van der Waals surface area contributed by atoms with Gasteiger partial charge in [0, 0.05) is 24.5 Å². The van der Waals surface area contributed by atoms with Gasteiger partial charge in [0.1, 0.15) is 0 Å². The summed E-state index contributed by atoms with van der Waals surface area (Å²) in [4.78, 5) is 15.7. The number of carbonyl (C=O) groups excluding carboxylic acids is 1. The number of nitrogens with zero attached hydrogens (tertiary/aromatic N) is 1. The van der Waals surface area contributed by atoms with Gasteiger partial charge in [-0.2, -0.15) is 0 Å². The second-order valence-electron chi connectivity index (χ2n) is 4.60. The summed E-state index contributed by atoms with van der Waals surface area (Å²) in [7, 11) is 0. The largest absolute Gasteiger partial charge is 0.338 e. The Morgan fingerprint density at radius 1 is 1.65 bits per heavy atom. The molecule has 1 amide bonds. The molecule has 17 heavy (non-hydrogen) atoms. The van der Waals surface area contributed by atoms with E-state index in [4.69, 9.17) is 5.73 Å². The van der Waals surface area contributed by atoms with Crippen LogP contribution < -0.4 is 5.73 Å². The molecule has 0 fully saturated rings. The molecule has 1 unspecified atom stereocenters. The number of nitrogens with two attached hydrogens (primary N) is 1. The fourth-order valence-electron chi connectivity index (χ4n) is 2.39. The number of fused-ring (bicyclic) bond motifs is 1. The summed E-state index contributed by atoms with van der Waals surface area (Å²) in [5, 5.41) is 2.12. The van der Waals surface area contributed by atoms with Crippen molar-refractivity contribution in [3.05, 3.63) is 21.9 Å².